The van der Waals surface area contributed by atoms with E-state index < -0.39 is 0 Å². The van der Waals surface area contributed by atoms with Gasteiger partial charge in [0.05, 0.1) is 32.0 Å². The Balaban J connectivity index is 1.63. The van der Waals surface area contributed by atoms with Crippen LogP contribution >= 0.6 is 22.9 Å². The second-order valence-electron chi connectivity index (χ2n) is 5.70. The van der Waals surface area contributed by atoms with Crippen LogP contribution < -0.4 is 5.32 Å². The van der Waals surface area contributed by atoms with Crippen molar-refractivity contribution in [1.82, 2.24) is 25.1 Å². The van der Waals surface area contributed by atoms with Gasteiger partial charge in [-0.1, -0.05) is 11.6 Å². The maximum absolute atomic E-state index is 6.42. The standard InChI is InChI=1S/C18H11ClN6S/c19-13-7-15-12(6-11(13)14-3-4-23-25-14)18(21-8-20-15)24-10-1-2-17-16(5-10)22-9-26-17/h1-9H,(H,23,25)(H,20,21,24). The Morgan fingerprint density at radius 1 is 1.00 bits per heavy atom. The number of fused-ring (bicyclic) bond motifs is 2. The van der Waals surface area contributed by atoms with Gasteiger partial charge in [0.2, 0.25) is 0 Å². The minimum Gasteiger partial charge on any atom is -0.340 e. The monoisotopic (exact) mass is 378 g/mol. The van der Waals surface area contributed by atoms with Crippen molar-refractivity contribution in [3.05, 3.63) is 59.5 Å². The van der Waals surface area contributed by atoms with Gasteiger partial charge in [-0.15, -0.1) is 11.3 Å². The number of H-pyrrole nitrogens is 1. The molecule has 0 spiro atoms. The summed E-state index contributed by atoms with van der Waals surface area (Å²) in [6.45, 7) is 0. The highest BCUT2D eigenvalue weighted by Crippen LogP contribution is 2.33. The molecule has 6 nitrogen and oxygen atoms in total. The van der Waals surface area contributed by atoms with Crippen molar-refractivity contribution in [1.29, 1.82) is 0 Å². The van der Waals surface area contributed by atoms with Crippen molar-refractivity contribution in [2.45, 2.75) is 0 Å². The van der Waals surface area contributed by atoms with E-state index in [4.69, 9.17) is 11.6 Å². The molecule has 0 bridgehead atoms. The number of anilines is 2. The van der Waals surface area contributed by atoms with Crippen LogP contribution in [-0.2, 0) is 0 Å². The molecular weight excluding hydrogens is 368 g/mol. The van der Waals surface area contributed by atoms with Gasteiger partial charge in [0.1, 0.15) is 12.1 Å². The van der Waals surface area contributed by atoms with E-state index in [2.05, 4.69) is 30.5 Å². The third kappa shape index (κ3) is 2.58. The van der Waals surface area contributed by atoms with Crippen molar-refractivity contribution in [2.24, 2.45) is 0 Å². The topological polar surface area (TPSA) is 79.4 Å². The molecule has 0 saturated carbocycles. The Morgan fingerprint density at radius 2 is 1.96 bits per heavy atom. The molecule has 3 aromatic heterocycles. The van der Waals surface area contributed by atoms with Gasteiger partial charge in [0.25, 0.3) is 0 Å². The van der Waals surface area contributed by atoms with Crippen LogP contribution in [0.1, 0.15) is 0 Å². The number of hydrogen-bond donors (Lipinski definition) is 2. The van der Waals surface area contributed by atoms with Gasteiger partial charge in [-0.05, 0) is 36.4 Å². The van der Waals surface area contributed by atoms with Crippen molar-refractivity contribution in [3.8, 4) is 11.3 Å². The van der Waals surface area contributed by atoms with Gasteiger partial charge in [0.15, 0.2) is 0 Å². The molecule has 0 atom stereocenters. The third-order valence-corrected chi connectivity index (χ3v) is 5.23. The maximum atomic E-state index is 6.42. The third-order valence-electron chi connectivity index (χ3n) is 4.11. The zero-order valence-electron chi connectivity index (χ0n) is 13.3. The van der Waals surface area contributed by atoms with Gasteiger partial charge in [-0.2, -0.15) is 5.10 Å². The van der Waals surface area contributed by atoms with Gasteiger partial charge >= 0.3 is 0 Å². The van der Waals surface area contributed by atoms with Crippen LogP contribution in [-0.4, -0.2) is 25.1 Å². The summed E-state index contributed by atoms with van der Waals surface area (Å²) in [6, 6.07) is 11.7. The summed E-state index contributed by atoms with van der Waals surface area (Å²) in [5, 5.41) is 11.8. The highest BCUT2D eigenvalue weighted by Gasteiger charge is 2.12. The van der Waals surface area contributed by atoms with E-state index in [1.165, 1.54) is 6.33 Å². The van der Waals surface area contributed by atoms with Crippen LogP contribution in [0.15, 0.2) is 54.4 Å². The Hall–Kier alpha value is -3.03. The summed E-state index contributed by atoms with van der Waals surface area (Å²) in [7, 11) is 0. The summed E-state index contributed by atoms with van der Waals surface area (Å²) in [5.74, 6) is 0.710. The highest BCUT2D eigenvalue weighted by atomic mass is 35.5. The lowest BCUT2D eigenvalue weighted by molar-refractivity contribution is 1.10. The van der Waals surface area contributed by atoms with Gasteiger partial charge in [0, 0.05) is 22.8 Å². The number of nitrogens with one attached hydrogen (secondary N) is 2. The van der Waals surface area contributed by atoms with Crippen molar-refractivity contribution >= 4 is 55.6 Å². The van der Waals surface area contributed by atoms with Crippen molar-refractivity contribution in [2.75, 3.05) is 5.32 Å². The molecule has 0 saturated heterocycles. The second-order valence-corrected chi connectivity index (χ2v) is 7.00. The second kappa shape index (κ2) is 6.05. The molecule has 0 aliphatic rings. The van der Waals surface area contributed by atoms with Crippen LogP contribution in [0.25, 0.3) is 32.4 Å². The van der Waals surface area contributed by atoms with Gasteiger partial charge < -0.3 is 5.32 Å². The molecule has 8 heteroatoms. The maximum Gasteiger partial charge on any atom is 0.141 e. The number of halogens is 1. The molecular formula is C18H11ClN6S. The Bertz CT molecular complexity index is 1230. The highest BCUT2D eigenvalue weighted by molar-refractivity contribution is 7.16. The predicted octanol–water partition coefficient (Wildman–Crippen LogP) is 5.03. The number of hydrogen-bond acceptors (Lipinski definition) is 6. The Kier molecular flexibility index (Phi) is 3.55. The summed E-state index contributed by atoms with van der Waals surface area (Å²) in [6.07, 6.45) is 3.22. The normalized spacial score (nSPS) is 11.3. The van der Waals surface area contributed by atoms with Crippen molar-refractivity contribution in [3.63, 3.8) is 0 Å². The molecule has 126 valence electrons. The average Bonchev–Trinajstić information content (AvgIpc) is 3.33. The van der Waals surface area contributed by atoms with Gasteiger partial charge in [-0.25, -0.2) is 15.0 Å². The lowest BCUT2D eigenvalue weighted by Gasteiger charge is -2.10. The molecule has 0 amide bonds. The fraction of sp³-hybridized carbons (Fsp3) is 0. The van der Waals surface area contributed by atoms with Crippen molar-refractivity contribution < 1.29 is 0 Å². The number of aromatic nitrogens is 5. The zero-order chi connectivity index (χ0) is 17.5. The fourth-order valence-corrected chi connectivity index (χ4v) is 3.78. The fourth-order valence-electron chi connectivity index (χ4n) is 2.86. The summed E-state index contributed by atoms with van der Waals surface area (Å²) in [5.41, 5.74) is 6.18. The number of aromatic amines is 1. The molecule has 26 heavy (non-hydrogen) atoms. The first-order chi connectivity index (χ1) is 12.8. The molecule has 0 radical (unpaired) electrons. The zero-order valence-corrected chi connectivity index (χ0v) is 14.8. The lowest BCUT2D eigenvalue weighted by Crippen LogP contribution is -1.96. The SMILES string of the molecule is Clc1cc2ncnc(Nc3ccc4scnc4c3)c2cc1-c1ccn[nH]1. The van der Waals surface area contributed by atoms with Crippen LogP contribution in [0.5, 0.6) is 0 Å². The van der Waals surface area contributed by atoms with E-state index in [1.807, 2.05) is 41.9 Å². The number of benzene rings is 2. The van der Waals surface area contributed by atoms with E-state index in [1.54, 1.807) is 17.5 Å². The molecule has 2 N–H and O–H groups in total. The van der Waals surface area contributed by atoms with Crippen LogP contribution in [0.2, 0.25) is 5.02 Å². The molecule has 0 unspecified atom stereocenters. The lowest BCUT2D eigenvalue weighted by atomic mass is 10.1. The molecule has 2 aromatic carbocycles. The van der Waals surface area contributed by atoms with Crippen LogP contribution in [0.4, 0.5) is 11.5 Å². The summed E-state index contributed by atoms with van der Waals surface area (Å²) >= 11 is 8.04. The van der Waals surface area contributed by atoms with E-state index in [0.717, 1.165) is 38.1 Å². The minimum absolute atomic E-state index is 0.607. The molecule has 5 aromatic rings. The van der Waals surface area contributed by atoms with E-state index in [-0.39, 0.29) is 0 Å². The van der Waals surface area contributed by atoms with Crippen LogP contribution in [0, 0.1) is 0 Å². The molecule has 0 fully saturated rings. The number of nitrogens with zero attached hydrogens (tertiary/aromatic N) is 4. The molecule has 0 aliphatic carbocycles. The molecule has 5 rings (SSSR count). The Morgan fingerprint density at radius 3 is 2.85 bits per heavy atom. The molecule has 0 aliphatic heterocycles. The van der Waals surface area contributed by atoms with E-state index in [0.29, 0.717) is 10.8 Å². The largest absolute Gasteiger partial charge is 0.340 e. The van der Waals surface area contributed by atoms with Gasteiger partial charge in [-0.3, -0.25) is 5.10 Å². The average molecular weight is 379 g/mol. The summed E-state index contributed by atoms with van der Waals surface area (Å²) in [4.78, 5) is 13.1. The first-order valence-electron chi connectivity index (χ1n) is 7.82. The summed E-state index contributed by atoms with van der Waals surface area (Å²) < 4.78 is 1.15. The number of thiazole rings is 1. The predicted molar refractivity (Wildman–Crippen MR) is 105 cm³/mol. The number of rotatable bonds is 3. The smallest absolute Gasteiger partial charge is 0.141 e. The first kappa shape index (κ1) is 15.2. The van der Waals surface area contributed by atoms with E-state index in [9.17, 15) is 0 Å². The minimum atomic E-state index is 0.607. The first-order valence-corrected chi connectivity index (χ1v) is 9.08. The van der Waals surface area contributed by atoms with E-state index >= 15 is 0 Å². The quantitative estimate of drug-likeness (QED) is 0.460. The van der Waals surface area contributed by atoms with Crippen LogP contribution in [0.3, 0.4) is 0 Å². The molecule has 3 heterocycles. The Labute approximate surface area is 156 Å².